The summed E-state index contributed by atoms with van der Waals surface area (Å²) in [7, 11) is 0. The summed E-state index contributed by atoms with van der Waals surface area (Å²) in [6.45, 7) is 6.31. The predicted molar refractivity (Wildman–Crippen MR) is 78.8 cm³/mol. The fourth-order valence-corrected chi connectivity index (χ4v) is 3.02. The van der Waals surface area contributed by atoms with Crippen LogP contribution in [0.4, 0.5) is 5.69 Å². The molecule has 3 heteroatoms. The normalized spacial score (nSPS) is 12.4. The molecule has 0 fully saturated rings. The Hall–Kier alpha value is -1.48. The first kappa shape index (κ1) is 13.0. The number of rotatable bonds is 3. The monoisotopic (exact) mass is 258 g/mol. The minimum atomic E-state index is 0.349. The van der Waals surface area contributed by atoms with Crippen LogP contribution in [0, 0.1) is 13.8 Å². The number of nitrogen functional groups attached to an aromatic ring is 1. The summed E-state index contributed by atoms with van der Waals surface area (Å²) in [5.74, 6) is 0. The van der Waals surface area contributed by atoms with E-state index in [-0.39, 0.29) is 0 Å². The second kappa shape index (κ2) is 5.44. The van der Waals surface area contributed by atoms with Crippen molar-refractivity contribution < 1.29 is 0 Å². The van der Waals surface area contributed by atoms with Crippen molar-refractivity contribution in [3.05, 3.63) is 53.2 Å². The molecule has 1 aromatic heterocycles. The van der Waals surface area contributed by atoms with Crippen LogP contribution in [0.25, 0.3) is 0 Å². The van der Waals surface area contributed by atoms with Gasteiger partial charge in [0.1, 0.15) is 0 Å². The zero-order valence-electron chi connectivity index (χ0n) is 11.0. The van der Waals surface area contributed by atoms with Gasteiger partial charge in [0.25, 0.3) is 0 Å². The molecule has 0 radical (unpaired) electrons. The summed E-state index contributed by atoms with van der Waals surface area (Å²) in [6, 6.07) is 12.3. The number of benzene rings is 1. The Morgan fingerprint density at radius 3 is 2.61 bits per heavy atom. The van der Waals surface area contributed by atoms with Crippen LogP contribution in [0.1, 0.15) is 29.0 Å². The molecule has 1 heterocycles. The van der Waals surface area contributed by atoms with E-state index in [4.69, 9.17) is 5.73 Å². The lowest BCUT2D eigenvalue weighted by Crippen LogP contribution is -1.93. The number of hydrogen-bond acceptors (Lipinski definition) is 3. The first-order chi connectivity index (χ1) is 8.54. The van der Waals surface area contributed by atoms with Gasteiger partial charge in [-0.2, -0.15) is 0 Å². The first-order valence-corrected chi connectivity index (χ1v) is 6.90. The molecule has 0 aliphatic carbocycles. The highest BCUT2D eigenvalue weighted by Gasteiger charge is 2.09. The summed E-state index contributed by atoms with van der Waals surface area (Å²) in [6.07, 6.45) is 0. The van der Waals surface area contributed by atoms with Crippen LogP contribution in [0.3, 0.4) is 0 Å². The summed E-state index contributed by atoms with van der Waals surface area (Å²) in [4.78, 5) is 4.55. The van der Waals surface area contributed by atoms with Crippen LogP contribution in [0.5, 0.6) is 0 Å². The van der Waals surface area contributed by atoms with Gasteiger partial charge in [0.2, 0.25) is 0 Å². The van der Waals surface area contributed by atoms with Crippen LogP contribution < -0.4 is 5.73 Å². The number of hydrogen-bond donors (Lipinski definition) is 1. The second-order valence-corrected chi connectivity index (χ2v) is 5.92. The highest BCUT2D eigenvalue weighted by molar-refractivity contribution is 7.99. The topological polar surface area (TPSA) is 38.9 Å². The van der Waals surface area contributed by atoms with E-state index in [1.54, 1.807) is 11.8 Å². The van der Waals surface area contributed by atoms with Gasteiger partial charge in [-0.3, -0.25) is 0 Å². The van der Waals surface area contributed by atoms with Gasteiger partial charge in [-0.05, 0) is 56.2 Å². The zero-order valence-corrected chi connectivity index (χ0v) is 11.8. The molecule has 1 atom stereocenters. The molecule has 0 saturated heterocycles. The molecule has 2 rings (SSSR count). The standard InChI is InChI=1S/C15H18N2S/c1-10-7-11(2)17-15(8-10)18-12(3)13-5-4-6-14(16)9-13/h4-9,12H,16H2,1-3H3. The van der Waals surface area contributed by atoms with Gasteiger partial charge in [0.15, 0.2) is 0 Å². The third kappa shape index (κ3) is 3.26. The summed E-state index contributed by atoms with van der Waals surface area (Å²) >= 11 is 1.77. The number of anilines is 1. The molecule has 0 bridgehead atoms. The van der Waals surface area contributed by atoms with Crippen molar-refractivity contribution >= 4 is 17.4 Å². The third-order valence-electron chi connectivity index (χ3n) is 2.75. The molecule has 2 N–H and O–H groups in total. The number of nitrogens with two attached hydrogens (primary N) is 1. The Morgan fingerprint density at radius 1 is 1.17 bits per heavy atom. The van der Waals surface area contributed by atoms with Gasteiger partial charge in [-0.15, -0.1) is 0 Å². The number of thioether (sulfide) groups is 1. The van der Waals surface area contributed by atoms with Crippen LogP contribution in [-0.4, -0.2) is 4.98 Å². The smallest absolute Gasteiger partial charge is 0.0971 e. The maximum atomic E-state index is 5.81. The lowest BCUT2D eigenvalue weighted by atomic mass is 10.1. The highest BCUT2D eigenvalue weighted by Crippen LogP contribution is 2.34. The molecular weight excluding hydrogens is 240 g/mol. The van der Waals surface area contributed by atoms with Gasteiger partial charge < -0.3 is 5.73 Å². The Kier molecular flexibility index (Phi) is 3.92. The van der Waals surface area contributed by atoms with Crippen molar-refractivity contribution in [1.82, 2.24) is 4.98 Å². The fraction of sp³-hybridized carbons (Fsp3) is 0.267. The molecule has 94 valence electrons. The van der Waals surface area contributed by atoms with E-state index in [0.29, 0.717) is 5.25 Å². The Bertz CT molecular complexity index is 532. The van der Waals surface area contributed by atoms with Crippen LogP contribution >= 0.6 is 11.8 Å². The molecule has 0 aliphatic rings. The van der Waals surface area contributed by atoms with Gasteiger partial charge in [-0.25, -0.2) is 4.98 Å². The van der Waals surface area contributed by atoms with Gasteiger partial charge in [0, 0.05) is 16.6 Å². The average Bonchev–Trinajstić information content (AvgIpc) is 2.27. The van der Waals surface area contributed by atoms with E-state index in [9.17, 15) is 0 Å². The summed E-state index contributed by atoms with van der Waals surface area (Å²) < 4.78 is 0. The fourth-order valence-electron chi connectivity index (χ4n) is 1.93. The molecule has 0 saturated carbocycles. The summed E-state index contributed by atoms with van der Waals surface area (Å²) in [5, 5.41) is 1.42. The van der Waals surface area contributed by atoms with Crippen molar-refractivity contribution in [1.29, 1.82) is 0 Å². The van der Waals surface area contributed by atoms with Crippen LogP contribution in [-0.2, 0) is 0 Å². The van der Waals surface area contributed by atoms with Crippen molar-refractivity contribution in [3.8, 4) is 0 Å². The zero-order chi connectivity index (χ0) is 13.1. The third-order valence-corrected chi connectivity index (χ3v) is 3.83. The largest absolute Gasteiger partial charge is 0.399 e. The van der Waals surface area contributed by atoms with E-state index in [2.05, 4.69) is 37.0 Å². The van der Waals surface area contributed by atoms with Gasteiger partial charge >= 0.3 is 0 Å². The van der Waals surface area contributed by atoms with E-state index in [0.717, 1.165) is 16.4 Å². The Morgan fingerprint density at radius 2 is 1.94 bits per heavy atom. The minimum absolute atomic E-state index is 0.349. The lowest BCUT2D eigenvalue weighted by Gasteiger charge is -2.12. The summed E-state index contributed by atoms with van der Waals surface area (Å²) in [5.41, 5.74) is 10.2. The predicted octanol–water partition coefficient (Wildman–Crippen LogP) is 4.13. The van der Waals surface area contributed by atoms with E-state index in [1.807, 2.05) is 25.1 Å². The van der Waals surface area contributed by atoms with Crippen molar-refractivity contribution in [2.45, 2.75) is 31.0 Å². The first-order valence-electron chi connectivity index (χ1n) is 6.02. The molecule has 1 unspecified atom stereocenters. The molecule has 18 heavy (non-hydrogen) atoms. The van der Waals surface area contributed by atoms with E-state index in [1.165, 1.54) is 11.1 Å². The molecule has 1 aromatic carbocycles. The highest BCUT2D eigenvalue weighted by atomic mass is 32.2. The molecule has 2 nitrogen and oxygen atoms in total. The number of nitrogens with zero attached hydrogens (tertiary/aromatic N) is 1. The van der Waals surface area contributed by atoms with Crippen molar-refractivity contribution in [2.24, 2.45) is 0 Å². The minimum Gasteiger partial charge on any atom is -0.399 e. The average molecular weight is 258 g/mol. The Balaban J connectivity index is 2.18. The maximum Gasteiger partial charge on any atom is 0.0971 e. The molecule has 0 aliphatic heterocycles. The van der Waals surface area contributed by atoms with Crippen LogP contribution in [0.2, 0.25) is 0 Å². The SMILES string of the molecule is Cc1cc(C)nc(SC(C)c2cccc(N)c2)c1. The number of aromatic nitrogens is 1. The van der Waals surface area contributed by atoms with Gasteiger partial charge in [-0.1, -0.05) is 23.9 Å². The number of aryl methyl sites for hydroxylation is 2. The lowest BCUT2D eigenvalue weighted by molar-refractivity contribution is 1.02. The van der Waals surface area contributed by atoms with E-state index >= 15 is 0 Å². The second-order valence-electron chi connectivity index (χ2n) is 4.55. The molecular formula is C15H18N2S. The number of pyridine rings is 1. The van der Waals surface area contributed by atoms with Crippen molar-refractivity contribution in [3.63, 3.8) is 0 Å². The molecule has 0 spiro atoms. The molecule has 0 amide bonds. The Labute approximate surface area is 113 Å². The quantitative estimate of drug-likeness (QED) is 0.664. The van der Waals surface area contributed by atoms with Crippen molar-refractivity contribution in [2.75, 3.05) is 5.73 Å². The maximum absolute atomic E-state index is 5.81. The van der Waals surface area contributed by atoms with Gasteiger partial charge in [0.05, 0.1) is 5.03 Å². The molecule has 2 aromatic rings. The van der Waals surface area contributed by atoms with Crippen LogP contribution in [0.15, 0.2) is 41.4 Å². The van der Waals surface area contributed by atoms with E-state index < -0.39 is 0 Å².